The predicted octanol–water partition coefficient (Wildman–Crippen LogP) is -0.0633. The molecule has 1 N–H and O–H groups in total. The van der Waals surface area contributed by atoms with Crippen molar-refractivity contribution in [1.82, 2.24) is 15.1 Å². The maximum absolute atomic E-state index is 11.6. The molecule has 0 atom stereocenters. The van der Waals surface area contributed by atoms with Gasteiger partial charge in [-0.3, -0.25) is 9.59 Å². The third-order valence-electron chi connectivity index (χ3n) is 2.15. The van der Waals surface area contributed by atoms with Crippen LogP contribution in [0.2, 0.25) is 0 Å². The summed E-state index contributed by atoms with van der Waals surface area (Å²) in [5.41, 5.74) is 0.00130. The van der Waals surface area contributed by atoms with Gasteiger partial charge in [0.2, 0.25) is 0 Å². The van der Waals surface area contributed by atoms with Gasteiger partial charge in [0.15, 0.2) is 0 Å². The molecule has 0 spiro atoms. The van der Waals surface area contributed by atoms with Crippen molar-refractivity contribution in [2.45, 2.75) is 13.3 Å². The highest BCUT2D eigenvalue weighted by atomic mass is 16.5. The maximum Gasteiger partial charge on any atom is 0.271 e. The van der Waals surface area contributed by atoms with E-state index in [-0.39, 0.29) is 17.2 Å². The van der Waals surface area contributed by atoms with Gasteiger partial charge in [-0.15, -0.1) is 0 Å². The standard InChI is InChI=1S/C11H17N3O3/c1-3-17-8-4-7-12-11(16)9-5-6-10(15)14(2)13-9/h5-6H,3-4,7-8H2,1-2H3,(H,12,16). The summed E-state index contributed by atoms with van der Waals surface area (Å²) in [7, 11) is 1.51. The van der Waals surface area contributed by atoms with Crippen molar-refractivity contribution >= 4 is 5.91 Å². The molecule has 6 nitrogen and oxygen atoms in total. The van der Waals surface area contributed by atoms with Gasteiger partial charge >= 0.3 is 0 Å². The minimum absolute atomic E-state index is 0.238. The summed E-state index contributed by atoms with van der Waals surface area (Å²) in [6.45, 7) is 3.75. The van der Waals surface area contributed by atoms with Crippen molar-refractivity contribution in [3.05, 3.63) is 28.2 Å². The predicted molar refractivity (Wildman–Crippen MR) is 62.9 cm³/mol. The number of ether oxygens (including phenoxy) is 1. The SMILES string of the molecule is CCOCCCNC(=O)c1ccc(=O)n(C)n1. The Labute approximate surface area is 99.6 Å². The number of carbonyl (C=O) groups excluding carboxylic acids is 1. The Bertz CT molecular complexity index is 428. The van der Waals surface area contributed by atoms with Gasteiger partial charge in [-0.25, -0.2) is 4.68 Å². The molecule has 1 rings (SSSR count). The summed E-state index contributed by atoms with van der Waals surface area (Å²) >= 11 is 0. The van der Waals surface area contributed by atoms with E-state index < -0.39 is 0 Å². The Morgan fingerprint density at radius 1 is 1.53 bits per heavy atom. The molecular weight excluding hydrogens is 222 g/mol. The second kappa shape index (κ2) is 6.80. The van der Waals surface area contributed by atoms with Crippen molar-refractivity contribution < 1.29 is 9.53 Å². The zero-order valence-electron chi connectivity index (χ0n) is 10.1. The molecular formula is C11H17N3O3. The summed E-state index contributed by atoms with van der Waals surface area (Å²) in [5, 5.41) is 6.56. The molecule has 0 saturated carbocycles. The van der Waals surface area contributed by atoms with Crippen molar-refractivity contribution in [2.75, 3.05) is 19.8 Å². The lowest BCUT2D eigenvalue weighted by Gasteiger charge is -2.05. The van der Waals surface area contributed by atoms with Crippen LogP contribution in [-0.4, -0.2) is 35.4 Å². The van der Waals surface area contributed by atoms with Crippen molar-refractivity contribution in [3.8, 4) is 0 Å². The fourth-order valence-corrected chi connectivity index (χ4v) is 1.23. The lowest BCUT2D eigenvalue weighted by molar-refractivity contribution is 0.0937. The van der Waals surface area contributed by atoms with Gasteiger partial charge in [-0.2, -0.15) is 5.10 Å². The number of nitrogens with zero attached hydrogens (tertiary/aromatic N) is 2. The van der Waals surface area contributed by atoms with Crippen LogP contribution in [0.5, 0.6) is 0 Å². The Hall–Kier alpha value is -1.69. The molecule has 6 heteroatoms. The largest absolute Gasteiger partial charge is 0.382 e. The molecule has 17 heavy (non-hydrogen) atoms. The average Bonchev–Trinajstić information content (AvgIpc) is 2.32. The number of hydrogen-bond acceptors (Lipinski definition) is 4. The molecule has 1 amide bonds. The van der Waals surface area contributed by atoms with Crippen LogP contribution < -0.4 is 10.9 Å². The second-order valence-corrected chi connectivity index (χ2v) is 3.49. The zero-order chi connectivity index (χ0) is 12.7. The topological polar surface area (TPSA) is 73.2 Å². The van der Waals surface area contributed by atoms with Crippen LogP contribution in [0.25, 0.3) is 0 Å². The summed E-state index contributed by atoms with van der Waals surface area (Å²) in [4.78, 5) is 22.7. The van der Waals surface area contributed by atoms with E-state index >= 15 is 0 Å². The summed E-state index contributed by atoms with van der Waals surface area (Å²) in [6.07, 6.45) is 0.755. The quantitative estimate of drug-likeness (QED) is 0.706. The Morgan fingerprint density at radius 3 is 2.94 bits per heavy atom. The normalized spacial score (nSPS) is 10.2. The van der Waals surface area contributed by atoms with Crippen LogP contribution in [0.4, 0.5) is 0 Å². The first-order valence-corrected chi connectivity index (χ1v) is 5.55. The molecule has 0 aliphatic carbocycles. The van der Waals surface area contributed by atoms with E-state index in [1.807, 2.05) is 6.92 Å². The van der Waals surface area contributed by atoms with Gasteiger partial charge < -0.3 is 10.1 Å². The first kappa shape index (κ1) is 13.4. The van der Waals surface area contributed by atoms with Gasteiger partial charge in [0.05, 0.1) is 0 Å². The van der Waals surface area contributed by atoms with E-state index in [1.54, 1.807) is 0 Å². The molecule has 0 bridgehead atoms. The highest BCUT2D eigenvalue weighted by Gasteiger charge is 2.07. The van der Waals surface area contributed by atoms with Crippen LogP contribution in [0.3, 0.4) is 0 Å². The lowest BCUT2D eigenvalue weighted by atomic mass is 10.3. The van der Waals surface area contributed by atoms with E-state index in [0.717, 1.165) is 11.1 Å². The number of nitrogens with one attached hydrogen (secondary N) is 1. The van der Waals surface area contributed by atoms with Crippen LogP contribution in [0, 0.1) is 0 Å². The van der Waals surface area contributed by atoms with Gasteiger partial charge in [-0.1, -0.05) is 0 Å². The minimum atomic E-state index is -0.280. The molecule has 0 aromatic carbocycles. The molecule has 1 heterocycles. The number of carbonyl (C=O) groups is 1. The molecule has 94 valence electrons. The van der Waals surface area contributed by atoms with Crippen LogP contribution in [0.1, 0.15) is 23.8 Å². The van der Waals surface area contributed by atoms with Gasteiger partial charge in [0.1, 0.15) is 5.69 Å². The monoisotopic (exact) mass is 239 g/mol. The van der Waals surface area contributed by atoms with E-state index in [1.165, 1.54) is 19.2 Å². The summed E-state index contributed by atoms with van der Waals surface area (Å²) in [6, 6.07) is 2.74. The number of hydrogen-bond donors (Lipinski definition) is 1. The van der Waals surface area contributed by atoms with Crippen molar-refractivity contribution in [2.24, 2.45) is 7.05 Å². The molecule has 0 radical (unpaired) electrons. The highest BCUT2D eigenvalue weighted by molar-refractivity contribution is 5.91. The first-order chi connectivity index (χ1) is 8.15. The molecule has 1 aromatic rings. The van der Waals surface area contributed by atoms with E-state index in [4.69, 9.17) is 4.74 Å². The first-order valence-electron chi connectivity index (χ1n) is 5.55. The molecule has 0 saturated heterocycles. The third kappa shape index (κ3) is 4.36. The van der Waals surface area contributed by atoms with E-state index in [2.05, 4.69) is 10.4 Å². The number of amides is 1. The molecule has 0 unspecified atom stereocenters. The third-order valence-corrected chi connectivity index (χ3v) is 2.15. The second-order valence-electron chi connectivity index (χ2n) is 3.49. The van der Waals surface area contributed by atoms with Crippen LogP contribution in [-0.2, 0) is 11.8 Å². The van der Waals surface area contributed by atoms with Crippen molar-refractivity contribution in [3.63, 3.8) is 0 Å². The van der Waals surface area contributed by atoms with Gasteiger partial charge in [0.25, 0.3) is 11.5 Å². The zero-order valence-corrected chi connectivity index (χ0v) is 10.1. The number of aryl methyl sites for hydroxylation is 1. The maximum atomic E-state index is 11.6. The molecule has 1 aromatic heterocycles. The van der Waals surface area contributed by atoms with Gasteiger partial charge in [0, 0.05) is 32.9 Å². The number of aromatic nitrogens is 2. The smallest absolute Gasteiger partial charge is 0.271 e. The lowest BCUT2D eigenvalue weighted by Crippen LogP contribution is -2.29. The fraction of sp³-hybridized carbons (Fsp3) is 0.545. The van der Waals surface area contributed by atoms with Crippen LogP contribution >= 0.6 is 0 Å². The highest BCUT2D eigenvalue weighted by Crippen LogP contribution is 1.90. The van der Waals surface area contributed by atoms with Crippen LogP contribution in [0.15, 0.2) is 16.9 Å². The number of rotatable bonds is 6. The average molecular weight is 239 g/mol. The van der Waals surface area contributed by atoms with Crippen molar-refractivity contribution in [1.29, 1.82) is 0 Å². The Morgan fingerprint density at radius 2 is 2.29 bits per heavy atom. The Balaban J connectivity index is 2.42. The fourth-order valence-electron chi connectivity index (χ4n) is 1.23. The van der Waals surface area contributed by atoms with E-state index in [9.17, 15) is 9.59 Å². The minimum Gasteiger partial charge on any atom is -0.382 e. The molecule has 0 aliphatic heterocycles. The molecule has 0 fully saturated rings. The van der Waals surface area contributed by atoms with E-state index in [0.29, 0.717) is 19.8 Å². The molecule has 0 aliphatic rings. The Kier molecular flexibility index (Phi) is 5.35. The summed E-state index contributed by atoms with van der Waals surface area (Å²) < 4.78 is 6.28. The summed E-state index contributed by atoms with van der Waals surface area (Å²) in [5.74, 6) is -0.280. The van der Waals surface area contributed by atoms with Gasteiger partial charge in [-0.05, 0) is 19.4 Å².